The lowest BCUT2D eigenvalue weighted by molar-refractivity contribution is 0.0662. The molecule has 1 aromatic carbocycles. The van der Waals surface area contributed by atoms with Crippen molar-refractivity contribution >= 4 is 0 Å². The van der Waals surface area contributed by atoms with Crippen molar-refractivity contribution in [1.29, 1.82) is 0 Å². The molecule has 1 heterocycles. The summed E-state index contributed by atoms with van der Waals surface area (Å²) in [5, 5.41) is 3.42. The lowest BCUT2D eigenvalue weighted by Crippen LogP contribution is -2.39. The fourth-order valence-corrected chi connectivity index (χ4v) is 2.79. The van der Waals surface area contributed by atoms with Crippen LogP contribution in [0.4, 0.5) is 0 Å². The first-order chi connectivity index (χ1) is 7.85. The van der Waals surface area contributed by atoms with Crippen molar-refractivity contribution < 1.29 is 4.74 Å². The Balaban J connectivity index is 2.64. The Labute approximate surface area is 104 Å². The number of hydrogen-bond donors (Lipinski definition) is 1. The minimum Gasteiger partial charge on any atom is -0.487 e. The molecule has 0 spiro atoms. The van der Waals surface area contributed by atoms with Gasteiger partial charge in [0.25, 0.3) is 0 Å². The van der Waals surface area contributed by atoms with E-state index in [-0.39, 0.29) is 5.60 Å². The van der Waals surface area contributed by atoms with Crippen LogP contribution in [-0.2, 0) is 0 Å². The second-order valence-corrected chi connectivity index (χ2v) is 5.79. The van der Waals surface area contributed by atoms with E-state index in [1.807, 2.05) is 7.05 Å². The zero-order valence-corrected chi connectivity index (χ0v) is 11.8. The van der Waals surface area contributed by atoms with Crippen LogP contribution in [0.1, 0.15) is 48.6 Å². The number of ether oxygens (including phenoxy) is 1. The van der Waals surface area contributed by atoms with Crippen molar-refractivity contribution in [2.24, 2.45) is 0 Å². The fourth-order valence-electron chi connectivity index (χ4n) is 2.79. The predicted octanol–water partition coefficient (Wildman–Crippen LogP) is 3.43. The fraction of sp³-hybridized carbons (Fsp3) is 0.600. The normalized spacial score (nSPS) is 21.9. The standard InChI is InChI=1S/C15H23NO/c1-9-7-10(2)13-12(16-6)8-15(4,5)17-14(13)11(9)3/h7,12,16H,8H2,1-6H3. The van der Waals surface area contributed by atoms with Crippen LogP contribution in [0.2, 0.25) is 0 Å². The van der Waals surface area contributed by atoms with Crippen molar-refractivity contribution in [1.82, 2.24) is 5.32 Å². The summed E-state index contributed by atoms with van der Waals surface area (Å²) in [4.78, 5) is 0. The van der Waals surface area contributed by atoms with Crippen LogP contribution in [0.3, 0.4) is 0 Å². The molecule has 1 N–H and O–H groups in total. The van der Waals surface area contributed by atoms with Gasteiger partial charge in [0.1, 0.15) is 11.4 Å². The van der Waals surface area contributed by atoms with Crippen LogP contribution in [-0.4, -0.2) is 12.6 Å². The number of rotatable bonds is 1. The zero-order valence-electron chi connectivity index (χ0n) is 11.8. The minimum absolute atomic E-state index is 0.0916. The van der Waals surface area contributed by atoms with Crippen LogP contribution in [0.25, 0.3) is 0 Å². The molecule has 0 radical (unpaired) electrons. The van der Waals surface area contributed by atoms with Gasteiger partial charge in [-0.1, -0.05) is 6.07 Å². The second-order valence-electron chi connectivity index (χ2n) is 5.79. The van der Waals surface area contributed by atoms with Gasteiger partial charge in [-0.2, -0.15) is 0 Å². The number of hydrogen-bond acceptors (Lipinski definition) is 2. The van der Waals surface area contributed by atoms with Gasteiger partial charge in [0.2, 0.25) is 0 Å². The molecular weight excluding hydrogens is 210 g/mol. The lowest BCUT2D eigenvalue weighted by atomic mass is 9.85. The highest BCUT2D eigenvalue weighted by Crippen LogP contribution is 2.43. The molecule has 0 aromatic heterocycles. The van der Waals surface area contributed by atoms with Gasteiger partial charge >= 0.3 is 0 Å². The van der Waals surface area contributed by atoms with Crippen LogP contribution in [0.5, 0.6) is 5.75 Å². The SMILES string of the molecule is CNC1CC(C)(C)Oc2c(C)c(C)cc(C)c21. The Kier molecular flexibility index (Phi) is 2.94. The molecule has 0 bridgehead atoms. The van der Waals surface area contributed by atoms with Gasteiger partial charge in [0.05, 0.1) is 0 Å². The molecule has 2 nitrogen and oxygen atoms in total. The molecule has 0 aliphatic carbocycles. The topological polar surface area (TPSA) is 21.3 Å². The largest absolute Gasteiger partial charge is 0.487 e. The van der Waals surface area contributed by atoms with Gasteiger partial charge in [0, 0.05) is 18.0 Å². The quantitative estimate of drug-likeness (QED) is 0.802. The third-order valence-corrected chi connectivity index (χ3v) is 3.81. The highest BCUT2D eigenvalue weighted by atomic mass is 16.5. The molecule has 17 heavy (non-hydrogen) atoms. The van der Waals surface area contributed by atoms with Crippen molar-refractivity contribution in [3.8, 4) is 5.75 Å². The van der Waals surface area contributed by atoms with E-state index in [0.717, 1.165) is 12.2 Å². The molecule has 0 saturated heterocycles. The number of fused-ring (bicyclic) bond motifs is 1. The van der Waals surface area contributed by atoms with E-state index >= 15 is 0 Å². The molecule has 2 heteroatoms. The average molecular weight is 233 g/mol. The molecule has 0 amide bonds. The Bertz CT molecular complexity index is 449. The summed E-state index contributed by atoms with van der Waals surface area (Å²) >= 11 is 0. The maximum Gasteiger partial charge on any atom is 0.128 e. The highest BCUT2D eigenvalue weighted by molar-refractivity contribution is 5.52. The summed E-state index contributed by atoms with van der Waals surface area (Å²) in [5.41, 5.74) is 5.17. The third kappa shape index (κ3) is 2.06. The zero-order chi connectivity index (χ0) is 12.8. The van der Waals surface area contributed by atoms with E-state index < -0.39 is 0 Å². The molecule has 0 saturated carbocycles. The van der Waals surface area contributed by atoms with Gasteiger partial charge in [-0.3, -0.25) is 0 Å². The third-order valence-electron chi connectivity index (χ3n) is 3.81. The molecule has 1 unspecified atom stereocenters. The Morgan fingerprint density at radius 3 is 2.47 bits per heavy atom. The van der Waals surface area contributed by atoms with Crippen LogP contribution < -0.4 is 10.1 Å². The Morgan fingerprint density at radius 2 is 1.88 bits per heavy atom. The molecule has 1 aromatic rings. The van der Waals surface area contributed by atoms with E-state index in [9.17, 15) is 0 Å². The van der Waals surface area contributed by atoms with Crippen molar-refractivity contribution in [2.45, 2.75) is 52.7 Å². The number of benzene rings is 1. The highest BCUT2D eigenvalue weighted by Gasteiger charge is 2.35. The van der Waals surface area contributed by atoms with E-state index in [2.05, 4.69) is 46.0 Å². The van der Waals surface area contributed by atoms with Crippen LogP contribution >= 0.6 is 0 Å². The summed E-state index contributed by atoms with van der Waals surface area (Å²) in [6.45, 7) is 10.8. The second kappa shape index (κ2) is 4.02. The summed E-state index contributed by atoms with van der Waals surface area (Å²) in [7, 11) is 2.03. The monoisotopic (exact) mass is 233 g/mol. The first-order valence-electron chi connectivity index (χ1n) is 6.32. The maximum absolute atomic E-state index is 6.20. The molecule has 94 valence electrons. The van der Waals surface area contributed by atoms with Crippen molar-refractivity contribution in [3.63, 3.8) is 0 Å². The van der Waals surface area contributed by atoms with Gasteiger partial charge in [0.15, 0.2) is 0 Å². The smallest absolute Gasteiger partial charge is 0.128 e. The van der Waals surface area contributed by atoms with Crippen molar-refractivity contribution in [2.75, 3.05) is 7.05 Å². The number of aryl methyl sites for hydroxylation is 2. The summed E-state index contributed by atoms with van der Waals surface area (Å²) in [6.07, 6.45) is 1.01. The average Bonchev–Trinajstić information content (AvgIpc) is 2.23. The van der Waals surface area contributed by atoms with Crippen LogP contribution in [0.15, 0.2) is 6.07 Å². The first kappa shape index (κ1) is 12.4. The van der Waals surface area contributed by atoms with Crippen LogP contribution in [0, 0.1) is 20.8 Å². The van der Waals surface area contributed by atoms with E-state index in [1.54, 1.807) is 0 Å². The van der Waals surface area contributed by atoms with E-state index in [0.29, 0.717) is 6.04 Å². The minimum atomic E-state index is -0.0916. The van der Waals surface area contributed by atoms with Crippen molar-refractivity contribution in [3.05, 3.63) is 28.3 Å². The summed E-state index contributed by atoms with van der Waals surface area (Å²) < 4.78 is 6.20. The molecule has 0 fully saturated rings. The van der Waals surface area contributed by atoms with Gasteiger partial charge < -0.3 is 10.1 Å². The van der Waals surface area contributed by atoms with Gasteiger partial charge in [-0.05, 0) is 58.4 Å². The first-order valence-corrected chi connectivity index (χ1v) is 6.32. The number of nitrogens with one attached hydrogen (secondary N) is 1. The van der Waals surface area contributed by atoms with E-state index in [1.165, 1.54) is 22.3 Å². The predicted molar refractivity (Wildman–Crippen MR) is 71.8 cm³/mol. The summed E-state index contributed by atoms with van der Waals surface area (Å²) in [5.74, 6) is 1.10. The Hall–Kier alpha value is -1.02. The van der Waals surface area contributed by atoms with Gasteiger partial charge in [-0.15, -0.1) is 0 Å². The maximum atomic E-state index is 6.20. The molecule has 2 rings (SSSR count). The van der Waals surface area contributed by atoms with E-state index in [4.69, 9.17) is 4.74 Å². The van der Waals surface area contributed by atoms with Gasteiger partial charge in [-0.25, -0.2) is 0 Å². The molecular formula is C15H23NO. The Morgan fingerprint density at radius 1 is 1.24 bits per heavy atom. The lowest BCUT2D eigenvalue weighted by Gasteiger charge is -2.39. The molecule has 1 aliphatic heterocycles. The molecule has 1 atom stereocenters. The molecule has 1 aliphatic rings. The summed E-state index contributed by atoms with van der Waals surface area (Å²) in [6, 6.07) is 2.66.